The molecule has 8 aromatic carbocycles. The van der Waals surface area contributed by atoms with Gasteiger partial charge < -0.3 is 9.47 Å². The molecular formula is C67H66BN4+. The third-order valence-electron chi connectivity index (χ3n) is 16.6. The van der Waals surface area contributed by atoms with E-state index < -0.39 is 0 Å². The van der Waals surface area contributed by atoms with Gasteiger partial charge in [0.05, 0.1) is 18.0 Å². The number of benzene rings is 8. The highest BCUT2D eigenvalue weighted by Gasteiger charge is 2.44. The standard InChI is InChI=1S/C67H66BN4/c1-39-18-17-20-48-47-19-15-16-21-53(47)72-57-32-40(22-29-56(57)69(14)63(72)60(39)48)41-33-58-61-59(34-41)71-54-30-25-43(65(5,6)7)35-49(54)50-36-45(67(11,12)13)38-52(62(50)71)68(61)51-37-44(66(8,9)10)26-31-55(51)70(58)46-27-23-42(24-28-46)64(2,3)4/h15-38H,1-14H3/q+1. The molecular weight excluding hydrogens is 872 g/mol. The van der Waals surface area contributed by atoms with Crippen molar-refractivity contribution in [2.75, 3.05) is 4.90 Å². The van der Waals surface area contributed by atoms with Crippen LogP contribution in [0.15, 0.2) is 146 Å². The lowest BCUT2D eigenvalue weighted by molar-refractivity contribution is -0.617. The Balaban J connectivity index is 1.18. The summed E-state index contributed by atoms with van der Waals surface area (Å²) in [6.07, 6.45) is 0. The number of hydrogen-bond donors (Lipinski definition) is 0. The average Bonchev–Trinajstić information content (AvgIpc) is 3.82. The summed E-state index contributed by atoms with van der Waals surface area (Å²) in [6, 6.07) is 57.2. The zero-order valence-electron chi connectivity index (χ0n) is 44.7. The Labute approximate surface area is 425 Å². The van der Waals surface area contributed by atoms with E-state index in [1.807, 2.05) is 0 Å². The van der Waals surface area contributed by atoms with Crippen LogP contribution in [0.2, 0.25) is 0 Å². The van der Waals surface area contributed by atoms with Crippen molar-refractivity contribution < 1.29 is 4.57 Å². The van der Waals surface area contributed by atoms with Crippen LogP contribution in [0.5, 0.6) is 0 Å². The molecule has 11 aromatic rings. The lowest BCUT2D eigenvalue weighted by atomic mass is 9.33. The molecule has 5 heteroatoms. The predicted molar refractivity (Wildman–Crippen MR) is 310 cm³/mol. The minimum atomic E-state index is -0.0616. The number of imidazole rings is 1. The first-order valence-corrected chi connectivity index (χ1v) is 26.2. The summed E-state index contributed by atoms with van der Waals surface area (Å²) in [7, 11) is 2.24. The second kappa shape index (κ2) is 14.8. The van der Waals surface area contributed by atoms with Crippen molar-refractivity contribution in [2.24, 2.45) is 7.05 Å². The van der Waals surface area contributed by atoms with Gasteiger partial charge >= 0.3 is 0 Å². The Morgan fingerprint density at radius 2 is 1.07 bits per heavy atom. The summed E-state index contributed by atoms with van der Waals surface area (Å²) in [5.41, 5.74) is 25.5. The molecule has 0 saturated carbocycles. The van der Waals surface area contributed by atoms with Crippen molar-refractivity contribution in [1.82, 2.24) is 8.97 Å². The van der Waals surface area contributed by atoms with Gasteiger partial charge in [-0.1, -0.05) is 156 Å². The second-order valence-electron chi connectivity index (χ2n) is 25.5. The van der Waals surface area contributed by atoms with E-state index in [1.165, 1.54) is 138 Å². The minimum absolute atomic E-state index is 0.00310. The molecule has 0 saturated heterocycles. The Kier molecular flexibility index (Phi) is 9.18. The molecule has 0 N–H and O–H groups in total. The van der Waals surface area contributed by atoms with E-state index in [0.717, 1.165) is 0 Å². The molecule has 3 aromatic heterocycles. The number of aryl methyl sites for hydroxylation is 2. The van der Waals surface area contributed by atoms with E-state index in [-0.39, 0.29) is 28.4 Å². The Hall–Kier alpha value is -7.11. The molecule has 0 fully saturated rings. The molecule has 2 aliphatic rings. The summed E-state index contributed by atoms with van der Waals surface area (Å²) in [5.74, 6) is 0. The van der Waals surface area contributed by atoms with Crippen LogP contribution in [0.3, 0.4) is 0 Å². The van der Waals surface area contributed by atoms with E-state index in [2.05, 4.69) is 261 Å². The fourth-order valence-corrected chi connectivity index (χ4v) is 12.6. The van der Waals surface area contributed by atoms with E-state index >= 15 is 0 Å². The van der Waals surface area contributed by atoms with Gasteiger partial charge in [-0.3, -0.25) is 0 Å². The summed E-state index contributed by atoms with van der Waals surface area (Å²) >= 11 is 0. The van der Waals surface area contributed by atoms with Crippen molar-refractivity contribution >= 4 is 100 Å². The van der Waals surface area contributed by atoms with Crippen LogP contribution in [0.25, 0.3) is 77.0 Å². The zero-order chi connectivity index (χ0) is 50.3. The molecule has 356 valence electrons. The molecule has 0 atom stereocenters. The topological polar surface area (TPSA) is 16.5 Å². The number of pyridine rings is 1. The van der Waals surface area contributed by atoms with Gasteiger partial charge in [0.15, 0.2) is 11.0 Å². The number of aromatic nitrogens is 3. The first-order valence-electron chi connectivity index (χ1n) is 26.2. The van der Waals surface area contributed by atoms with Gasteiger partial charge in [-0.2, -0.15) is 4.40 Å². The molecule has 4 nitrogen and oxygen atoms in total. The van der Waals surface area contributed by atoms with Crippen LogP contribution in [0.4, 0.5) is 17.1 Å². The highest BCUT2D eigenvalue weighted by atomic mass is 15.2. The van der Waals surface area contributed by atoms with Gasteiger partial charge in [0.1, 0.15) is 5.52 Å². The molecule has 5 heterocycles. The average molecular weight is 938 g/mol. The van der Waals surface area contributed by atoms with Crippen LogP contribution in [-0.2, 0) is 28.7 Å². The molecule has 0 spiro atoms. The number of fused-ring (bicyclic) bond motifs is 15. The maximum atomic E-state index is 2.66. The Morgan fingerprint density at radius 1 is 0.444 bits per heavy atom. The molecule has 0 amide bonds. The SMILES string of the molecule is Cc1cccc2c3ccccc3n3c4cc(-c5cc6c7c(c5)-n5c8ccc(C(C)(C)C)cc8c8cc(C(C)(C)C)cc(c85)B7c5cc(C(C)(C)C)ccc5N6c5ccc(C(C)(C)C)cc5)ccc4[n+](C)c3c12. The summed E-state index contributed by atoms with van der Waals surface area (Å²) < 4.78 is 7.59. The maximum absolute atomic E-state index is 2.66. The monoisotopic (exact) mass is 938 g/mol. The summed E-state index contributed by atoms with van der Waals surface area (Å²) in [4.78, 5) is 2.60. The third kappa shape index (κ3) is 6.34. The largest absolute Gasteiger partial charge is 0.311 e. The molecule has 2 aliphatic heterocycles. The molecule has 13 rings (SSSR count). The van der Waals surface area contributed by atoms with Gasteiger partial charge in [-0.15, -0.1) is 0 Å². The van der Waals surface area contributed by atoms with Crippen LogP contribution in [0.1, 0.15) is 111 Å². The van der Waals surface area contributed by atoms with Gasteiger partial charge in [-0.05, 0) is 157 Å². The minimum Gasteiger partial charge on any atom is -0.311 e. The fourth-order valence-electron chi connectivity index (χ4n) is 12.6. The Bertz CT molecular complexity index is 4150. The van der Waals surface area contributed by atoms with E-state index in [0.29, 0.717) is 0 Å². The number of para-hydroxylation sites is 1. The highest BCUT2D eigenvalue weighted by Crippen LogP contribution is 2.46. The highest BCUT2D eigenvalue weighted by molar-refractivity contribution is 7.00. The van der Waals surface area contributed by atoms with Crippen molar-refractivity contribution in [3.63, 3.8) is 0 Å². The van der Waals surface area contributed by atoms with Crippen LogP contribution in [0, 0.1) is 6.92 Å². The first-order chi connectivity index (χ1) is 34.1. The number of hydrogen-bond acceptors (Lipinski definition) is 1. The molecule has 72 heavy (non-hydrogen) atoms. The van der Waals surface area contributed by atoms with E-state index in [1.54, 1.807) is 0 Å². The van der Waals surface area contributed by atoms with Crippen molar-refractivity contribution in [3.8, 4) is 16.8 Å². The van der Waals surface area contributed by atoms with Crippen molar-refractivity contribution in [3.05, 3.63) is 173 Å². The number of anilines is 3. The van der Waals surface area contributed by atoms with Gasteiger partial charge in [0.2, 0.25) is 0 Å². The van der Waals surface area contributed by atoms with Gasteiger partial charge in [0.25, 0.3) is 12.4 Å². The quantitative estimate of drug-likeness (QED) is 0.0958. The normalized spacial score (nSPS) is 13.9. The number of nitrogens with zero attached hydrogens (tertiary/aromatic N) is 4. The fraction of sp³-hybridized carbons (Fsp3) is 0.269. The van der Waals surface area contributed by atoms with Crippen LogP contribution >= 0.6 is 0 Å². The van der Waals surface area contributed by atoms with Crippen LogP contribution < -0.4 is 25.9 Å². The van der Waals surface area contributed by atoms with Gasteiger partial charge in [-0.25, -0.2) is 4.57 Å². The Morgan fingerprint density at radius 3 is 1.79 bits per heavy atom. The first kappa shape index (κ1) is 44.8. The summed E-state index contributed by atoms with van der Waals surface area (Å²) in [6.45, 7) is 30.4. The van der Waals surface area contributed by atoms with E-state index in [9.17, 15) is 0 Å². The van der Waals surface area contributed by atoms with Crippen LogP contribution in [-0.4, -0.2) is 15.7 Å². The zero-order valence-corrected chi connectivity index (χ0v) is 44.7. The number of rotatable bonds is 2. The van der Waals surface area contributed by atoms with Crippen molar-refractivity contribution in [2.45, 2.75) is 112 Å². The molecule has 0 radical (unpaired) electrons. The molecule has 0 unspecified atom stereocenters. The molecule has 0 aliphatic carbocycles. The maximum Gasteiger partial charge on any atom is 0.295 e. The van der Waals surface area contributed by atoms with E-state index in [4.69, 9.17) is 0 Å². The summed E-state index contributed by atoms with van der Waals surface area (Å²) in [5, 5.41) is 6.52. The van der Waals surface area contributed by atoms with Crippen molar-refractivity contribution in [1.29, 1.82) is 0 Å². The smallest absolute Gasteiger partial charge is 0.295 e. The van der Waals surface area contributed by atoms with Gasteiger partial charge in [0, 0.05) is 49.8 Å². The molecule has 0 bridgehead atoms. The third-order valence-corrected chi connectivity index (χ3v) is 16.6. The second-order valence-corrected chi connectivity index (χ2v) is 25.5. The lowest BCUT2D eigenvalue weighted by Crippen LogP contribution is -2.60. The lowest BCUT2D eigenvalue weighted by Gasteiger charge is -2.41. The predicted octanol–water partition coefficient (Wildman–Crippen LogP) is 15.1.